The first-order chi connectivity index (χ1) is 11.2. The first kappa shape index (κ1) is 20.2. The molecule has 1 heterocycles. The molecule has 0 spiro atoms. The Hall–Kier alpha value is -1.82. The maximum Gasteiger partial charge on any atom is 0.240 e. The van der Waals surface area contributed by atoms with Gasteiger partial charge in [-0.15, -0.1) is 0 Å². The van der Waals surface area contributed by atoms with Crippen LogP contribution in [0, 0.1) is 11.3 Å². The van der Waals surface area contributed by atoms with Crippen LogP contribution in [0.5, 0.6) is 0 Å². The van der Waals surface area contributed by atoms with E-state index in [0.29, 0.717) is 31.3 Å². The quantitative estimate of drug-likeness (QED) is 0.725. The minimum atomic E-state index is -0.370. The summed E-state index contributed by atoms with van der Waals surface area (Å²) >= 11 is 0. The predicted octanol–water partition coefficient (Wildman–Crippen LogP) is 2.66. The SMILES string of the molecule is CC(C)COC[C@H](NC(=O)CNC(=O)CC(C)(C)C)c1ccco1. The van der Waals surface area contributed by atoms with Gasteiger partial charge in [0.2, 0.25) is 11.8 Å². The molecule has 2 amide bonds. The predicted molar refractivity (Wildman–Crippen MR) is 92.3 cm³/mol. The van der Waals surface area contributed by atoms with Gasteiger partial charge >= 0.3 is 0 Å². The molecule has 0 aliphatic rings. The number of hydrogen-bond acceptors (Lipinski definition) is 4. The summed E-state index contributed by atoms with van der Waals surface area (Å²) in [7, 11) is 0. The zero-order valence-corrected chi connectivity index (χ0v) is 15.3. The molecule has 0 saturated heterocycles. The molecule has 2 N–H and O–H groups in total. The standard InChI is InChI=1S/C18H30N2O4/c1-13(2)11-23-12-14(15-7-6-8-24-15)20-17(22)10-19-16(21)9-18(3,4)5/h6-8,13-14H,9-12H2,1-5H3,(H,19,21)(H,20,22)/t14-/m0/s1. The number of furan rings is 1. The molecule has 6 heteroatoms. The Bertz CT molecular complexity index is 504. The van der Waals surface area contributed by atoms with Crippen molar-refractivity contribution < 1.29 is 18.7 Å². The summed E-state index contributed by atoms with van der Waals surface area (Å²) in [5.41, 5.74) is -0.109. The lowest BCUT2D eigenvalue weighted by Gasteiger charge is -2.19. The Kier molecular flexibility index (Phi) is 7.98. The van der Waals surface area contributed by atoms with Crippen molar-refractivity contribution in [3.8, 4) is 0 Å². The smallest absolute Gasteiger partial charge is 0.240 e. The van der Waals surface area contributed by atoms with Crippen LogP contribution in [0.1, 0.15) is 52.8 Å². The van der Waals surface area contributed by atoms with E-state index in [2.05, 4.69) is 24.5 Å². The molecule has 1 atom stereocenters. The molecule has 0 unspecified atom stereocenters. The van der Waals surface area contributed by atoms with Gasteiger partial charge in [-0.05, 0) is 23.5 Å². The van der Waals surface area contributed by atoms with E-state index >= 15 is 0 Å². The van der Waals surface area contributed by atoms with Crippen LogP contribution < -0.4 is 10.6 Å². The summed E-state index contributed by atoms with van der Waals surface area (Å²) in [6.45, 7) is 10.9. The number of hydrogen-bond donors (Lipinski definition) is 2. The minimum Gasteiger partial charge on any atom is -0.467 e. The zero-order valence-electron chi connectivity index (χ0n) is 15.3. The molecule has 1 aromatic heterocycles. The number of rotatable bonds is 9. The molecule has 136 valence electrons. The Balaban J connectivity index is 2.47. The van der Waals surface area contributed by atoms with Gasteiger partial charge in [-0.3, -0.25) is 9.59 Å². The fraction of sp³-hybridized carbons (Fsp3) is 0.667. The van der Waals surface area contributed by atoms with Crippen LogP contribution in [0.3, 0.4) is 0 Å². The van der Waals surface area contributed by atoms with Crippen LogP contribution in [-0.2, 0) is 14.3 Å². The summed E-state index contributed by atoms with van der Waals surface area (Å²) in [5.74, 6) is 0.637. The van der Waals surface area contributed by atoms with Gasteiger partial charge < -0.3 is 19.8 Å². The fourth-order valence-corrected chi connectivity index (χ4v) is 2.07. The first-order valence-corrected chi connectivity index (χ1v) is 8.34. The third-order valence-corrected chi connectivity index (χ3v) is 3.09. The summed E-state index contributed by atoms with van der Waals surface area (Å²) in [5, 5.41) is 5.48. The largest absolute Gasteiger partial charge is 0.467 e. The molecule has 0 aromatic carbocycles. The number of ether oxygens (including phenoxy) is 1. The molecular weight excluding hydrogens is 308 g/mol. The van der Waals surface area contributed by atoms with Gasteiger partial charge in [-0.25, -0.2) is 0 Å². The molecule has 0 bridgehead atoms. The van der Waals surface area contributed by atoms with Crippen LogP contribution in [0.4, 0.5) is 0 Å². The van der Waals surface area contributed by atoms with Gasteiger partial charge in [0.1, 0.15) is 11.8 Å². The molecule has 0 aliphatic carbocycles. The van der Waals surface area contributed by atoms with Crippen molar-refractivity contribution in [2.75, 3.05) is 19.8 Å². The molecule has 24 heavy (non-hydrogen) atoms. The average Bonchev–Trinajstić information content (AvgIpc) is 2.96. The highest BCUT2D eigenvalue weighted by atomic mass is 16.5. The van der Waals surface area contributed by atoms with E-state index in [-0.39, 0.29) is 29.8 Å². The number of amides is 2. The van der Waals surface area contributed by atoms with Gasteiger partial charge in [-0.2, -0.15) is 0 Å². The van der Waals surface area contributed by atoms with Crippen molar-refractivity contribution in [3.05, 3.63) is 24.2 Å². The minimum absolute atomic E-state index is 0.0592. The van der Waals surface area contributed by atoms with Crippen LogP contribution in [-0.4, -0.2) is 31.6 Å². The van der Waals surface area contributed by atoms with Gasteiger partial charge in [-0.1, -0.05) is 34.6 Å². The third kappa shape index (κ3) is 8.72. The van der Waals surface area contributed by atoms with Crippen LogP contribution in [0.2, 0.25) is 0 Å². The highest BCUT2D eigenvalue weighted by Crippen LogP contribution is 2.17. The summed E-state index contributed by atoms with van der Waals surface area (Å²) < 4.78 is 11.0. The average molecular weight is 338 g/mol. The summed E-state index contributed by atoms with van der Waals surface area (Å²) in [6, 6.07) is 3.19. The number of carbonyl (C=O) groups is 2. The van der Waals surface area contributed by atoms with Crippen LogP contribution in [0.15, 0.2) is 22.8 Å². The second kappa shape index (κ2) is 9.47. The summed E-state index contributed by atoms with van der Waals surface area (Å²) in [6.07, 6.45) is 1.93. The number of carbonyl (C=O) groups excluding carboxylic acids is 2. The highest BCUT2D eigenvalue weighted by molar-refractivity contribution is 5.85. The molecule has 0 saturated carbocycles. The van der Waals surface area contributed by atoms with Crippen LogP contribution in [0.25, 0.3) is 0 Å². The Morgan fingerprint density at radius 2 is 1.92 bits per heavy atom. The normalized spacial score (nSPS) is 12.9. The van der Waals surface area contributed by atoms with Crippen LogP contribution >= 0.6 is 0 Å². The van der Waals surface area contributed by atoms with Gasteiger partial charge in [0.15, 0.2) is 0 Å². The fourth-order valence-electron chi connectivity index (χ4n) is 2.07. The van der Waals surface area contributed by atoms with E-state index in [1.54, 1.807) is 18.4 Å². The lowest BCUT2D eigenvalue weighted by molar-refractivity contribution is -0.127. The third-order valence-electron chi connectivity index (χ3n) is 3.09. The Labute approximate surface area is 144 Å². The topological polar surface area (TPSA) is 80.6 Å². The molecule has 0 fully saturated rings. The van der Waals surface area contributed by atoms with E-state index in [1.165, 1.54) is 0 Å². The van der Waals surface area contributed by atoms with Crippen molar-refractivity contribution >= 4 is 11.8 Å². The molecule has 1 rings (SSSR count). The molecule has 1 aromatic rings. The lowest BCUT2D eigenvalue weighted by atomic mass is 9.92. The van der Waals surface area contributed by atoms with E-state index in [0.717, 1.165) is 0 Å². The Morgan fingerprint density at radius 1 is 1.21 bits per heavy atom. The number of nitrogens with one attached hydrogen (secondary N) is 2. The zero-order chi connectivity index (χ0) is 18.2. The second-order valence-corrected chi connectivity index (χ2v) is 7.58. The van der Waals surface area contributed by atoms with Gasteiger partial charge in [0.05, 0.1) is 19.4 Å². The van der Waals surface area contributed by atoms with Crippen molar-refractivity contribution in [3.63, 3.8) is 0 Å². The van der Waals surface area contributed by atoms with E-state index in [4.69, 9.17) is 9.15 Å². The van der Waals surface area contributed by atoms with Gasteiger partial charge in [0, 0.05) is 13.0 Å². The Morgan fingerprint density at radius 3 is 2.46 bits per heavy atom. The summed E-state index contributed by atoms with van der Waals surface area (Å²) in [4.78, 5) is 23.9. The molecular formula is C18H30N2O4. The van der Waals surface area contributed by atoms with Crippen molar-refractivity contribution in [2.45, 2.75) is 47.1 Å². The molecule has 0 radical (unpaired) electrons. The van der Waals surface area contributed by atoms with Crippen molar-refractivity contribution in [1.29, 1.82) is 0 Å². The maximum absolute atomic E-state index is 12.1. The molecule has 6 nitrogen and oxygen atoms in total. The van der Waals surface area contributed by atoms with Gasteiger partial charge in [0.25, 0.3) is 0 Å². The monoisotopic (exact) mass is 338 g/mol. The van der Waals surface area contributed by atoms with E-state index < -0.39 is 0 Å². The highest BCUT2D eigenvalue weighted by Gasteiger charge is 2.19. The maximum atomic E-state index is 12.1. The van der Waals surface area contributed by atoms with Crippen molar-refractivity contribution in [2.24, 2.45) is 11.3 Å². The first-order valence-electron chi connectivity index (χ1n) is 8.34. The molecule has 0 aliphatic heterocycles. The lowest BCUT2D eigenvalue weighted by Crippen LogP contribution is -2.40. The van der Waals surface area contributed by atoms with Crippen molar-refractivity contribution in [1.82, 2.24) is 10.6 Å². The van der Waals surface area contributed by atoms with E-state index in [1.807, 2.05) is 20.8 Å². The van der Waals surface area contributed by atoms with E-state index in [9.17, 15) is 9.59 Å². The second-order valence-electron chi connectivity index (χ2n) is 7.58.